The summed E-state index contributed by atoms with van der Waals surface area (Å²) < 4.78 is 5.50. The largest absolute Gasteiger partial charge is 0.496 e. The predicted molar refractivity (Wildman–Crippen MR) is 106 cm³/mol. The molecule has 0 heterocycles. The molecule has 2 bridgehead atoms. The van der Waals surface area contributed by atoms with Crippen molar-refractivity contribution in [3.05, 3.63) is 65.7 Å². The van der Waals surface area contributed by atoms with E-state index in [0.717, 1.165) is 30.7 Å². The van der Waals surface area contributed by atoms with Crippen molar-refractivity contribution >= 4 is 0 Å². The van der Waals surface area contributed by atoms with Gasteiger partial charge >= 0.3 is 0 Å². The standard InChI is InChI=1S/C23H30N2O/c1-26-23-10-6-5-9-20(23)15-24-22(18-7-3-2-4-8-18)16-25-21-14-17-11-12-19(21)13-17/h2-10,17,19,21-22,24-25H,11-16H2,1H3. The molecule has 2 aromatic rings. The predicted octanol–water partition coefficient (Wildman–Crippen LogP) is 4.30. The van der Waals surface area contributed by atoms with Gasteiger partial charge in [-0.15, -0.1) is 0 Å². The molecular formula is C23H30N2O. The Balaban J connectivity index is 1.41. The zero-order valence-corrected chi connectivity index (χ0v) is 15.7. The number of ether oxygens (including phenoxy) is 1. The summed E-state index contributed by atoms with van der Waals surface area (Å²) in [4.78, 5) is 0. The van der Waals surface area contributed by atoms with Crippen LogP contribution in [0.5, 0.6) is 5.75 Å². The fraction of sp³-hybridized carbons (Fsp3) is 0.478. The van der Waals surface area contributed by atoms with Crippen molar-refractivity contribution in [3.63, 3.8) is 0 Å². The molecule has 2 N–H and O–H groups in total. The van der Waals surface area contributed by atoms with Gasteiger partial charge in [0.1, 0.15) is 5.75 Å². The maximum absolute atomic E-state index is 5.50. The van der Waals surface area contributed by atoms with Crippen LogP contribution in [0.15, 0.2) is 54.6 Å². The van der Waals surface area contributed by atoms with E-state index in [9.17, 15) is 0 Å². The molecule has 0 radical (unpaired) electrons. The molecule has 4 atom stereocenters. The van der Waals surface area contributed by atoms with Crippen molar-refractivity contribution < 1.29 is 4.74 Å². The quantitative estimate of drug-likeness (QED) is 0.744. The minimum atomic E-state index is 0.306. The smallest absolute Gasteiger partial charge is 0.123 e. The molecular weight excluding hydrogens is 320 g/mol. The molecule has 26 heavy (non-hydrogen) atoms. The SMILES string of the molecule is COc1ccccc1CNC(CNC1CC2CCC1C2)c1ccccc1. The van der Waals surface area contributed by atoms with Crippen molar-refractivity contribution in [2.75, 3.05) is 13.7 Å². The van der Waals surface area contributed by atoms with E-state index in [1.807, 2.05) is 12.1 Å². The van der Waals surface area contributed by atoms with E-state index in [4.69, 9.17) is 4.74 Å². The summed E-state index contributed by atoms with van der Waals surface area (Å²) in [7, 11) is 1.74. The van der Waals surface area contributed by atoms with Crippen LogP contribution in [-0.2, 0) is 6.54 Å². The van der Waals surface area contributed by atoms with Gasteiger partial charge in [-0.25, -0.2) is 0 Å². The third-order valence-electron chi connectivity index (χ3n) is 6.26. The number of methoxy groups -OCH3 is 1. The van der Waals surface area contributed by atoms with Gasteiger partial charge in [-0.1, -0.05) is 55.0 Å². The van der Waals surface area contributed by atoms with Gasteiger partial charge in [0.15, 0.2) is 0 Å². The molecule has 0 spiro atoms. The monoisotopic (exact) mass is 350 g/mol. The van der Waals surface area contributed by atoms with Gasteiger partial charge in [0, 0.05) is 30.7 Å². The molecule has 4 rings (SSSR count). The zero-order chi connectivity index (χ0) is 17.8. The molecule has 0 saturated heterocycles. The Kier molecular flexibility index (Phi) is 5.57. The zero-order valence-electron chi connectivity index (χ0n) is 15.7. The highest BCUT2D eigenvalue weighted by Gasteiger charge is 2.39. The van der Waals surface area contributed by atoms with Gasteiger partial charge in [0.2, 0.25) is 0 Å². The van der Waals surface area contributed by atoms with Crippen LogP contribution in [0.3, 0.4) is 0 Å². The van der Waals surface area contributed by atoms with E-state index in [2.05, 4.69) is 53.1 Å². The molecule has 4 unspecified atom stereocenters. The molecule has 0 aromatic heterocycles. The lowest BCUT2D eigenvalue weighted by molar-refractivity contribution is 0.333. The Morgan fingerprint density at radius 2 is 1.81 bits per heavy atom. The molecule has 2 fully saturated rings. The fourth-order valence-corrected chi connectivity index (χ4v) is 4.84. The molecule has 138 valence electrons. The fourth-order valence-electron chi connectivity index (χ4n) is 4.84. The van der Waals surface area contributed by atoms with E-state index < -0.39 is 0 Å². The van der Waals surface area contributed by atoms with Crippen LogP contribution >= 0.6 is 0 Å². The Morgan fingerprint density at radius 1 is 1.00 bits per heavy atom. The number of hydrogen-bond acceptors (Lipinski definition) is 3. The summed E-state index contributed by atoms with van der Waals surface area (Å²) >= 11 is 0. The maximum Gasteiger partial charge on any atom is 0.123 e. The van der Waals surface area contributed by atoms with Gasteiger partial charge in [-0.2, -0.15) is 0 Å². The van der Waals surface area contributed by atoms with Crippen LogP contribution in [-0.4, -0.2) is 19.7 Å². The number of rotatable bonds is 8. The highest BCUT2D eigenvalue weighted by molar-refractivity contribution is 5.33. The van der Waals surface area contributed by atoms with Gasteiger partial charge in [0.25, 0.3) is 0 Å². The molecule has 0 amide bonds. The molecule has 3 nitrogen and oxygen atoms in total. The van der Waals surface area contributed by atoms with Gasteiger partial charge in [-0.3, -0.25) is 0 Å². The first-order chi connectivity index (χ1) is 12.8. The van der Waals surface area contributed by atoms with Crippen LogP contribution < -0.4 is 15.4 Å². The molecule has 2 saturated carbocycles. The summed E-state index contributed by atoms with van der Waals surface area (Å²) in [5.74, 6) is 2.84. The summed E-state index contributed by atoms with van der Waals surface area (Å²) in [5, 5.41) is 7.64. The Hall–Kier alpha value is -1.84. The highest BCUT2D eigenvalue weighted by atomic mass is 16.5. The van der Waals surface area contributed by atoms with Crippen molar-refractivity contribution in [2.24, 2.45) is 11.8 Å². The van der Waals surface area contributed by atoms with Gasteiger partial charge in [-0.05, 0) is 42.7 Å². The van der Waals surface area contributed by atoms with Crippen LogP contribution in [0, 0.1) is 11.8 Å². The van der Waals surface area contributed by atoms with Crippen molar-refractivity contribution in [3.8, 4) is 5.75 Å². The summed E-state index contributed by atoms with van der Waals surface area (Å²) in [6, 6.07) is 20.1. The van der Waals surface area contributed by atoms with E-state index in [-0.39, 0.29) is 0 Å². The van der Waals surface area contributed by atoms with Crippen LogP contribution in [0.2, 0.25) is 0 Å². The third-order valence-corrected chi connectivity index (χ3v) is 6.26. The van der Waals surface area contributed by atoms with Crippen molar-refractivity contribution in [1.82, 2.24) is 10.6 Å². The molecule has 2 aromatic carbocycles. The number of fused-ring (bicyclic) bond motifs is 2. The van der Waals surface area contributed by atoms with Crippen molar-refractivity contribution in [2.45, 2.75) is 44.3 Å². The van der Waals surface area contributed by atoms with Crippen LogP contribution in [0.1, 0.15) is 42.9 Å². The topological polar surface area (TPSA) is 33.3 Å². The van der Waals surface area contributed by atoms with E-state index >= 15 is 0 Å². The molecule has 0 aliphatic heterocycles. The summed E-state index contributed by atoms with van der Waals surface area (Å²) in [5.41, 5.74) is 2.55. The summed E-state index contributed by atoms with van der Waals surface area (Å²) in [6.07, 6.45) is 5.70. The van der Waals surface area contributed by atoms with Gasteiger partial charge < -0.3 is 15.4 Å². The Morgan fingerprint density at radius 3 is 2.54 bits per heavy atom. The third kappa shape index (κ3) is 3.94. The second-order valence-corrected chi connectivity index (χ2v) is 7.85. The highest BCUT2D eigenvalue weighted by Crippen LogP contribution is 2.44. The number of benzene rings is 2. The Bertz CT molecular complexity index is 702. The Labute approximate surface area is 157 Å². The lowest BCUT2D eigenvalue weighted by Crippen LogP contribution is -2.40. The number of hydrogen-bond donors (Lipinski definition) is 2. The molecule has 2 aliphatic carbocycles. The molecule has 3 heteroatoms. The van der Waals surface area contributed by atoms with Crippen molar-refractivity contribution in [1.29, 1.82) is 0 Å². The summed E-state index contributed by atoms with van der Waals surface area (Å²) in [6.45, 7) is 1.79. The van der Waals surface area contributed by atoms with Crippen LogP contribution in [0.4, 0.5) is 0 Å². The lowest BCUT2D eigenvalue weighted by Gasteiger charge is -2.27. The van der Waals surface area contributed by atoms with E-state index in [0.29, 0.717) is 12.1 Å². The minimum absolute atomic E-state index is 0.306. The van der Waals surface area contributed by atoms with E-state index in [1.54, 1.807) is 7.11 Å². The number of para-hydroxylation sites is 1. The number of nitrogens with one attached hydrogen (secondary N) is 2. The van der Waals surface area contributed by atoms with Crippen LogP contribution in [0.25, 0.3) is 0 Å². The normalized spacial score (nSPS) is 25.3. The van der Waals surface area contributed by atoms with Gasteiger partial charge in [0.05, 0.1) is 7.11 Å². The second kappa shape index (κ2) is 8.24. The van der Waals surface area contributed by atoms with E-state index in [1.165, 1.54) is 36.8 Å². The average molecular weight is 351 g/mol. The first kappa shape index (κ1) is 17.6. The average Bonchev–Trinajstić information content (AvgIpc) is 3.32. The molecule has 2 aliphatic rings. The minimum Gasteiger partial charge on any atom is -0.496 e. The maximum atomic E-state index is 5.50. The first-order valence-corrected chi connectivity index (χ1v) is 9.97. The lowest BCUT2D eigenvalue weighted by atomic mass is 9.95. The first-order valence-electron chi connectivity index (χ1n) is 9.97. The second-order valence-electron chi connectivity index (χ2n) is 7.85.